The fourth-order valence-electron chi connectivity index (χ4n) is 0.186. The van der Waals surface area contributed by atoms with Crippen molar-refractivity contribution in [2.24, 2.45) is 5.73 Å². The summed E-state index contributed by atoms with van der Waals surface area (Å²) in [6, 6.07) is -0.0880. The number of nitrogens with two attached hydrogens (primary N) is 1. The molecule has 0 aliphatic rings. The van der Waals surface area contributed by atoms with E-state index in [1.54, 1.807) is 6.92 Å². The van der Waals surface area contributed by atoms with Gasteiger partial charge in [-0.15, -0.1) is 11.8 Å². The van der Waals surface area contributed by atoms with E-state index in [1.165, 1.54) is 11.8 Å². The fourth-order valence-corrected chi connectivity index (χ4v) is 0.558. The van der Waals surface area contributed by atoms with Gasteiger partial charge in [-0.3, -0.25) is 5.41 Å². The smallest absolute Gasteiger partial charge is 0.0803 e. The fraction of sp³-hybridized carbons (Fsp3) is 0.750. The zero-order chi connectivity index (χ0) is 5.86. The summed E-state index contributed by atoms with van der Waals surface area (Å²) in [5.74, 6) is 0. The second-order valence-corrected chi connectivity index (χ2v) is 2.21. The van der Waals surface area contributed by atoms with E-state index in [9.17, 15) is 0 Å². The molecule has 3 N–H and O–H groups in total. The molecule has 1 atom stereocenters. The van der Waals surface area contributed by atoms with E-state index in [0.717, 1.165) is 0 Å². The van der Waals surface area contributed by atoms with Crippen LogP contribution >= 0.6 is 11.8 Å². The Bertz CT molecular complexity index is 70.1. The van der Waals surface area contributed by atoms with E-state index in [-0.39, 0.29) is 6.04 Å². The number of hydrogen-bond donors (Lipinski definition) is 2. The minimum absolute atomic E-state index is 0.0880. The van der Waals surface area contributed by atoms with E-state index in [1.807, 2.05) is 6.26 Å². The van der Waals surface area contributed by atoms with Crippen molar-refractivity contribution in [1.29, 1.82) is 5.41 Å². The van der Waals surface area contributed by atoms with Gasteiger partial charge < -0.3 is 5.73 Å². The number of rotatable bonds is 1. The van der Waals surface area contributed by atoms with Gasteiger partial charge in [0.1, 0.15) is 0 Å². The van der Waals surface area contributed by atoms with Gasteiger partial charge in [0, 0.05) is 6.04 Å². The molecule has 0 heterocycles. The maximum Gasteiger partial charge on any atom is 0.0803 e. The van der Waals surface area contributed by atoms with Crippen LogP contribution in [0.5, 0.6) is 0 Å². The summed E-state index contributed by atoms with van der Waals surface area (Å²) in [7, 11) is 0. The van der Waals surface area contributed by atoms with Crippen molar-refractivity contribution < 1.29 is 0 Å². The molecule has 0 spiro atoms. The van der Waals surface area contributed by atoms with Crippen LogP contribution in [0.4, 0.5) is 0 Å². The lowest BCUT2D eigenvalue weighted by Gasteiger charge is -2.00. The minimum atomic E-state index is -0.0880. The quantitative estimate of drug-likeness (QED) is 0.393. The third-order valence-electron chi connectivity index (χ3n) is 0.633. The summed E-state index contributed by atoms with van der Waals surface area (Å²) in [4.78, 5) is 0. The maximum atomic E-state index is 7.03. The average molecular weight is 118 g/mol. The Hall–Kier alpha value is -0.0200. The van der Waals surface area contributed by atoms with Crippen molar-refractivity contribution in [3.63, 3.8) is 0 Å². The predicted molar refractivity (Wildman–Crippen MR) is 34.9 cm³/mol. The Labute approximate surface area is 48.0 Å². The molecule has 0 fully saturated rings. The molecule has 0 aromatic heterocycles. The van der Waals surface area contributed by atoms with Crippen molar-refractivity contribution in [2.75, 3.05) is 6.26 Å². The molecule has 0 aliphatic carbocycles. The standard InChI is InChI=1S/C4H10N2S/c1-3(5)4(6)7-2/h3,6H,5H2,1-2H3/t3-/m1/s1. The monoisotopic (exact) mass is 118 g/mol. The summed E-state index contributed by atoms with van der Waals surface area (Å²) in [5, 5.41) is 7.57. The molecular formula is C4H10N2S. The second kappa shape index (κ2) is 3.04. The van der Waals surface area contributed by atoms with Crippen LogP contribution in [0.2, 0.25) is 0 Å². The van der Waals surface area contributed by atoms with Crippen LogP contribution < -0.4 is 5.73 Å². The van der Waals surface area contributed by atoms with E-state index in [0.29, 0.717) is 5.04 Å². The molecule has 0 rings (SSSR count). The molecule has 0 aromatic carbocycles. The number of thioether (sulfide) groups is 1. The molecular weight excluding hydrogens is 108 g/mol. The van der Waals surface area contributed by atoms with E-state index in [2.05, 4.69) is 0 Å². The molecule has 3 heteroatoms. The molecule has 2 nitrogen and oxygen atoms in total. The van der Waals surface area contributed by atoms with Gasteiger partial charge >= 0.3 is 0 Å². The summed E-state index contributed by atoms with van der Waals surface area (Å²) in [5.41, 5.74) is 5.30. The molecule has 0 saturated carbocycles. The Balaban J connectivity index is 3.35. The molecule has 0 bridgehead atoms. The van der Waals surface area contributed by atoms with Crippen molar-refractivity contribution in [3.8, 4) is 0 Å². The Morgan fingerprint density at radius 3 is 2.29 bits per heavy atom. The second-order valence-electron chi connectivity index (χ2n) is 1.36. The number of nitrogens with one attached hydrogen (secondary N) is 1. The van der Waals surface area contributed by atoms with Crippen LogP contribution in [0.3, 0.4) is 0 Å². The zero-order valence-corrected chi connectivity index (χ0v) is 5.38. The van der Waals surface area contributed by atoms with E-state index < -0.39 is 0 Å². The lowest BCUT2D eigenvalue weighted by molar-refractivity contribution is 0.982. The topological polar surface area (TPSA) is 49.9 Å². The molecule has 42 valence electrons. The maximum absolute atomic E-state index is 7.03. The van der Waals surface area contributed by atoms with Crippen LogP contribution in [0.15, 0.2) is 0 Å². The van der Waals surface area contributed by atoms with Crippen LogP contribution in [0, 0.1) is 5.41 Å². The molecule has 0 aliphatic heterocycles. The Morgan fingerprint density at radius 2 is 2.29 bits per heavy atom. The van der Waals surface area contributed by atoms with Crippen LogP contribution in [-0.4, -0.2) is 17.3 Å². The third-order valence-corrected chi connectivity index (χ3v) is 1.45. The first-order valence-electron chi connectivity index (χ1n) is 2.06. The Kier molecular flexibility index (Phi) is 3.04. The summed E-state index contributed by atoms with van der Waals surface area (Å²) < 4.78 is 0. The van der Waals surface area contributed by atoms with Crippen molar-refractivity contribution in [2.45, 2.75) is 13.0 Å². The lowest BCUT2D eigenvalue weighted by Crippen LogP contribution is -2.22. The minimum Gasteiger partial charge on any atom is -0.322 e. The molecule has 0 saturated heterocycles. The highest BCUT2D eigenvalue weighted by molar-refractivity contribution is 8.13. The van der Waals surface area contributed by atoms with Gasteiger partial charge in [0.05, 0.1) is 5.04 Å². The van der Waals surface area contributed by atoms with Crippen LogP contribution in [-0.2, 0) is 0 Å². The SMILES string of the molecule is CSC(=N)[C@@H](C)N. The molecule has 0 aromatic rings. The molecule has 0 radical (unpaired) electrons. The normalized spacial score (nSPS) is 13.6. The first-order chi connectivity index (χ1) is 3.18. The highest BCUT2D eigenvalue weighted by atomic mass is 32.2. The highest BCUT2D eigenvalue weighted by Crippen LogP contribution is 1.96. The van der Waals surface area contributed by atoms with Gasteiger partial charge in [-0.05, 0) is 13.2 Å². The Morgan fingerprint density at radius 1 is 1.86 bits per heavy atom. The zero-order valence-electron chi connectivity index (χ0n) is 4.56. The molecule has 0 unspecified atom stereocenters. The summed E-state index contributed by atoms with van der Waals surface area (Å²) in [6.07, 6.45) is 1.85. The molecule has 0 amide bonds. The van der Waals surface area contributed by atoms with Gasteiger partial charge in [0.2, 0.25) is 0 Å². The molecule has 7 heavy (non-hydrogen) atoms. The van der Waals surface area contributed by atoms with Crippen LogP contribution in [0.25, 0.3) is 0 Å². The lowest BCUT2D eigenvalue weighted by atomic mass is 10.4. The van der Waals surface area contributed by atoms with Crippen molar-refractivity contribution in [3.05, 3.63) is 0 Å². The first kappa shape index (κ1) is 6.98. The highest BCUT2D eigenvalue weighted by Gasteiger charge is 1.97. The predicted octanol–water partition coefficient (Wildman–Crippen LogP) is 0.674. The summed E-state index contributed by atoms with van der Waals surface area (Å²) >= 11 is 1.39. The third kappa shape index (κ3) is 2.65. The first-order valence-corrected chi connectivity index (χ1v) is 3.29. The van der Waals surface area contributed by atoms with Gasteiger partial charge in [-0.25, -0.2) is 0 Å². The average Bonchev–Trinajstić information content (AvgIpc) is 1.65. The largest absolute Gasteiger partial charge is 0.322 e. The van der Waals surface area contributed by atoms with E-state index >= 15 is 0 Å². The van der Waals surface area contributed by atoms with Crippen LogP contribution in [0.1, 0.15) is 6.92 Å². The number of hydrogen-bond acceptors (Lipinski definition) is 3. The van der Waals surface area contributed by atoms with Gasteiger partial charge in [-0.1, -0.05) is 0 Å². The summed E-state index contributed by atoms with van der Waals surface area (Å²) in [6.45, 7) is 1.80. The van der Waals surface area contributed by atoms with Gasteiger partial charge in [-0.2, -0.15) is 0 Å². The van der Waals surface area contributed by atoms with Crippen molar-refractivity contribution >= 4 is 16.8 Å². The van der Waals surface area contributed by atoms with Gasteiger partial charge in [0.25, 0.3) is 0 Å². The van der Waals surface area contributed by atoms with Crippen molar-refractivity contribution in [1.82, 2.24) is 0 Å². The van der Waals surface area contributed by atoms with Gasteiger partial charge in [0.15, 0.2) is 0 Å². The van der Waals surface area contributed by atoms with E-state index in [4.69, 9.17) is 11.1 Å².